The number of ether oxygens (including phenoxy) is 2. The number of rotatable bonds is 7. The minimum absolute atomic E-state index is 0.0110. The van der Waals surface area contributed by atoms with Crippen molar-refractivity contribution in [1.29, 1.82) is 0 Å². The molecule has 0 saturated heterocycles. The van der Waals surface area contributed by atoms with Crippen LogP contribution < -0.4 is 20.1 Å². The van der Waals surface area contributed by atoms with Gasteiger partial charge in [0.05, 0.1) is 26.3 Å². The number of aryl methyl sites for hydroxylation is 2. The number of nitrogens with zero attached hydrogens (tertiary/aromatic N) is 2. The Bertz CT molecular complexity index is 1170. The van der Waals surface area contributed by atoms with E-state index in [1.807, 2.05) is 56.3 Å². The van der Waals surface area contributed by atoms with Crippen LogP contribution >= 0.6 is 0 Å². The van der Waals surface area contributed by atoms with Gasteiger partial charge in [0, 0.05) is 11.3 Å². The number of nitrogens with one attached hydrogen (secondary N) is 2. The molecule has 0 fully saturated rings. The van der Waals surface area contributed by atoms with Gasteiger partial charge in [-0.2, -0.15) is 5.10 Å². The second-order valence-electron chi connectivity index (χ2n) is 7.66. The molecule has 1 aromatic heterocycles. The highest BCUT2D eigenvalue weighted by molar-refractivity contribution is 6.04. The molecule has 0 spiro atoms. The topological polar surface area (TPSA) is 94.5 Å². The molecule has 2 N–H and O–H groups in total. The van der Waals surface area contributed by atoms with Gasteiger partial charge in [-0.25, -0.2) is 4.68 Å². The van der Waals surface area contributed by atoms with E-state index in [4.69, 9.17) is 9.47 Å². The quantitative estimate of drug-likeness (QED) is 0.587. The first-order chi connectivity index (χ1) is 15.4. The molecular formula is C24H26N4O4. The number of hydrogen-bond acceptors (Lipinski definition) is 5. The fourth-order valence-electron chi connectivity index (χ4n) is 3.88. The average Bonchev–Trinajstić information content (AvgIpc) is 3.29. The van der Waals surface area contributed by atoms with Crippen molar-refractivity contribution in [3.8, 4) is 22.6 Å². The molecular weight excluding hydrogens is 408 g/mol. The molecule has 2 amide bonds. The first-order valence-electron chi connectivity index (χ1n) is 10.5. The van der Waals surface area contributed by atoms with Gasteiger partial charge in [-0.1, -0.05) is 30.7 Å². The molecule has 3 aromatic rings. The lowest BCUT2D eigenvalue weighted by Crippen LogP contribution is -2.23. The normalized spacial score (nSPS) is 14.6. The van der Waals surface area contributed by atoms with Crippen molar-refractivity contribution >= 4 is 23.3 Å². The summed E-state index contributed by atoms with van der Waals surface area (Å²) < 4.78 is 12.4. The van der Waals surface area contributed by atoms with Crippen LogP contribution in [0, 0.1) is 6.92 Å². The van der Waals surface area contributed by atoms with Gasteiger partial charge in [0.15, 0.2) is 11.5 Å². The van der Waals surface area contributed by atoms with Gasteiger partial charge in [0.2, 0.25) is 5.91 Å². The third-order valence-corrected chi connectivity index (χ3v) is 5.54. The molecule has 2 heterocycles. The molecule has 4 rings (SSSR count). The van der Waals surface area contributed by atoms with Gasteiger partial charge < -0.3 is 20.1 Å². The van der Waals surface area contributed by atoms with Gasteiger partial charge in [0.25, 0.3) is 5.91 Å². The van der Waals surface area contributed by atoms with Crippen molar-refractivity contribution < 1.29 is 19.1 Å². The van der Waals surface area contributed by atoms with Crippen LogP contribution in [0.4, 0.5) is 11.5 Å². The third-order valence-electron chi connectivity index (χ3n) is 5.54. The fraction of sp³-hybridized carbons (Fsp3) is 0.292. The summed E-state index contributed by atoms with van der Waals surface area (Å²) >= 11 is 0. The molecule has 1 atom stereocenters. The van der Waals surface area contributed by atoms with Crippen molar-refractivity contribution in [2.24, 2.45) is 0 Å². The highest BCUT2D eigenvalue weighted by Gasteiger charge is 2.36. The molecule has 0 radical (unpaired) electrons. The van der Waals surface area contributed by atoms with Crippen molar-refractivity contribution in [3.63, 3.8) is 0 Å². The van der Waals surface area contributed by atoms with Gasteiger partial charge in [-0.05, 0) is 43.2 Å². The van der Waals surface area contributed by atoms with Crippen molar-refractivity contribution in [1.82, 2.24) is 9.78 Å². The molecule has 1 aliphatic heterocycles. The van der Waals surface area contributed by atoms with Crippen LogP contribution in [0.15, 0.2) is 42.5 Å². The molecule has 0 saturated carbocycles. The van der Waals surface area contributed by atoms with Crippen molar-refractivity contribution in [2.75, 3.05) is 24.9 Å². The van der Waals surface area contributed by atoms with E-state index in [-0.39, 0.29) is 18.2 Å². The second kappa shape index (κ2) is 8.74. The predicted octanol–water partition coefficient (Wildman–Crippen LogP) is 3.96. The Morgan fingerprint density at radius 2 is 1.84 bits per heavy atom. The van der Waals surface area contributed by atoms with Gasteiger partial charge in [-0.3, -0.25) is 9.59 Å². The predicted molar refractivity (Wildman–Crippen MR) is 122 cm³/mol. The van der Waals surface area contributed by atoms with Crippen LogP contribution in [0.1, 0.15) is 30.6 Å². The van der Waals surface area contributed by atoms with Crippen molar-refractivity contribution in [3.05, 3.63) is 53.7 Å². The summed E-state index contributed by atoms with van der Waals surface area (Å²) in [7, 11) is 3.16. The summed E-state index contributed by atoms with van der Waals surface area (Å²) in [5, 5.41) is 10.4. The monoisotopic (exact) mass is 434 g/mol. The summed E-state index contributed by atoms with van der Waals surface area (Å²) in [4.78, 5) is 25.4. The lowest BCUT2D eigenvalue weighted by molar-refractivity contribution is -0.123. The van der Waals surface area contributed by atoms with E-state index < -0.39 is 6.04 Å². The minimum Gasteiger partial charge on any atom is -0.493 e. The Morgan fingerprint density at radius 1 is 1.12 bits per heavy atom. The summed E-state index contributed by atoms with van der Waals surface area (Å²) in [5.41, 5.74) is 4.30. The van der Waals surface area contributed by atoms with E-state index in [0.717, 1.165) is 22.4 Å². The largest absolute Gasteiger partial charge is 0.493 e. The molecule has 1 aliphatic rings. The number of methoxy groups -OCH3 is 2. The molecule has 32 heavy (non-hydrogen) atoms. The van der Waals surface area contributed by atoms with E-state index in [1.54, 1.807) is 18.9 Å². The maximum Gasteiger partial charge on any atom is 0.251 e. The van der Waals surface area contributed by atoms with Crippen LogP contribution in [-0.2, 0) is 16.0 Å². The third kappa shape index (κ3) is 3.91. The molecule has 8 heteroatoms. The van der Waals surface area contributed by atoms with Crippen LogP contribution in [0.5, 0.6) is 11.5 Å². The Kier molecular flexibility index (Phi) is 5.85. The van der Waals surface area contributed by atoms with Gasteiger partial charge in [0.1, 0.15) is 11.9 Å². The first-order valence-corrected chi connectivity index (χ1v) is 10.5. The number of anilines is 2. The number of aromatic nitrogens is 2. The Hall–Kier alpha value is -3.81. The smallest absolute Gasteiger partial charge is 0.251 e. The van der Waals surface area contributed by atoms with Crippen LogP contribution in [0.25, 0.3) is 11.1 Å². The highest BCUT2D eigenvalue weighted by Crippen LogP contribution is 2.41. The zero-order chi connectivity index (χ0) is 22.8. The molecule has 8 nitrogen and oxygen atoms in total. The molecule has 0 bridgehead atoms. The molecule has 1 unspecified atom stereocenters. The van der Waals surface area contributed by atoms with Gasteiger partial charge >= 0.3 is 0 Å². The zero-order valence-electron chi connectivity index (χ0n) is 18.6. The number of amides is 2. The Balaban J connectivity index is 1.63. The van der Waals surface area contributed by atoms with Crippen molar-refractivity contribution in [2.45, 2.75) is 32.7 Å². The maximum absolute atomic E-state index is 12.7. The zero-order valence-corrected chi connectivity index (χ0v) is 18.6. The summed E-state index contributed by atoms with van der Waals surface area (Å²) in [6.45, 7) is 3.98. The SMILES string of the molecule is CCc1nn2c(c1-c1ccc(OC)c(OC)c1)NC(=O)C2CC(=O)Nc1ccc(C)cc1. The highest BCUT2D eigenvalue weighted by atomic mass is 16.5. The number of carbonyl (C=O) groups is 2. The number of fused-ring (bicyclic) bond motifs is 1. The lowest BCUT2D eigenvalue weighted by atomic mass is 10.0. The van der Waals surface area contributed by atoms with E-state index in [0.29, 0.717) is 29.4 Å². The maximum atomic E-state index is 12.7. The van der Waals surface area contributed by atoms with Crippen LogP contribution in [-0.4, -0.2) is 35.8 Å². The summed E-state index contributed by atoms with van der Waals surface area (Å²) in [5.74, 6) is 1.30. The van der Waals surface area contributed by atoms with Crippen LogP contribution in [0.3, 0.4) is 0 Å². The average molecular weight is 434 g/mol. The minimum atomic E-state index is -0.713. The Labute approximate surface area is 186 Å². The first kappa shape index (κ1) is 21.4. The van der Waals surface area contributed by atoms with E-state index >= 15 is 0 Å². The molecule has 0 aliphatic carbocycles. The molecule has 166 valence electrons. The van der Waals surface area contributed by atoms with Gasteiger partial charge in [-0.15, -0.1) is 0 Å². The molecule has 2 aromatic carbocycles. The van der Waals surface area contributed by atoms with E-state index in [1.165, 1.54) is 0 Å². The van der Waals surface area contributed by atoms with E-state index in [2.05, 4.69) is 15.7 Å². The standard InChI is InChI=1S/C24H26N4O4/c1-5-17-22(15-8-11-19(31-3)20(12-15)32-4)23-26-24(30)18(28(23)27-17)13-21(29)25-16-9-6-14(2)7-10-16/h6-12,18H,5,13H2,1-4H3,(H,25,29)(H,26,30). The Morgan fingerprint density at radius 3 is 2.50 bits per heavy atom. The number of benzene rings is 2. The number of carbonyl (C=O) groups excluding carboxylic acids is 2. The summed E-state index contributed by atoms with van der Waals surface area (Å²) in [6.07, 6.45) is 0.657. The number of hydrogen-bond donors (Lipinski definition) is 2. The van der Waals surface area contributed by atoms with Crippen LogP contribution in [0.2, 0.25) is 0 Å². The van der Waals surface area contributed by atoms with E-state index in [9.17, 15) is 9.59 Å². The summed E-state index contributed by atoms with van der Waals surface area (Å²) in [6, 6.07) is 12.4. The lowest BCUT2D eigenvalue weighted by Gasteiger charge is -2.10. The second-order valence-corrected chi connectivity index (χ2v) is 7.66. The fourth-order valence-corrected chi connectivity index (χ4v) is 3.88.